The molecule has 13 heteroatoms. The van der Waals surface area contributed by atoms with Crippen LogP contribution in [0.4, 0.5) is 19.0 Å². The van der Waals surface area contributed by atoms with Gasteiger partial charge in [0.2, 0.25) is 0 Å². The fourth-order valence-electron chi connectivity index (χ4n) is 2.86. The lowest BCUT2D eigenvalue weighted by atomic mass is 9.99. The third-order valence-electron chi connectivity index (χ3n) is 4.14. The molecule has 150 valence electrons. The standard InChI is InChI=1S/C15H13ClF3N5O4/c1-3-28-14(27)10-8-9(21-22-10)13(26)24(12(8)25)23(2)11-7(16)4-6(5-20-11)15(17,18)19/h4-5,8-9,21H,3H2,1-2H3/t8-,9+/m1/s1. The van der Waals surface area contributed by atoms with E-state index in [1.807, 2.05) is 0 Å². The molecule has 0 unspecified atom stereocenters. The molecular weight excluding hydrogens is 407 g/mol. The number of imide groups is 1. The van der Waals surface area contributed by atoms with Gasteiger partial charge >= 0.3 is 12.1 Å². The number of carbonyl (C=O) groups is 3. The van der Waals surface area contributed by atoms with Crippen molar-refractivity contribution in [1.29, 1.82) is 0 Å². The van der Waals surface area contributed by atoms with Gasteiger partial charge in [-0.25, -0.2) is 9.78 Å². The van der Waals surface area contributed by atoms with E-state index in [2.05, 4.69) is 15.5 Å². The molecule has 1 aromatic heterocycles. The van der Waals surface area contributed by atoms with Crippen molar-refractivity contribution in [2.24, 2.45) is 11.0 Å². The van der Waals surface area contributed by atoms with Crippen LogP contribution in [-0.2, 0) is 25.3 Å². The van der Waals surface area contributed by atoms with E-state index in [4.69, 9.17) is 16.3 Å². The Bertz CT molecular complexity index is 891. The van der Waals surface area contributed by atoms with E-state index in [9.17, 15) is 27.6 Å². The minimum atomic E-state index is -4.65. The lowest BCUT2D eigenvalue weighted by molar-refractivity contribution is -0.141. The molecule has 0 aliphatic carbocycles. The average molecular weight is 420 g/mol. The van der Waals surface area contributed by atoms with Crippen molar-refractivity contribution in [3.05, 3.63) is 22.8 Å². The number of halogens is 4. The van der Waals surface area contributed by atoms with Gasteiger partial charge in [-0.15, -0.1) is 0 Å². The van der Waals surface area contributed by atoms with E-state index in [-0.39, 0.29) is 18.1 Å². The van der Waals surface area contributed by atoms with Gasteiger partial charge in [0.15, 0.2) is 11.5 Å². The number of hydrogen-bond acceptors (Lipinski definition) is 8. The quantitative estimate of drug-likeness (QED) is 0.573. The Hall–Kier alpha value is -2.89. The molecule has 2 aliphatic heterocycles. The minimum absolute atomic E-state index is 0.0477. The molecule has 1 aromatic rings. The van der Waals surface area contributed by atoms with Gasteiger partial charge in [-0.1, -0.05) is 11.6 Å². The summed E-state index contributed by atoms with van der Waals surface area (Å²) < 4.78 is 43.1. The van der Waals surface area contributed by atoms with Crippen LogP contribution in [0.5, 0.6) is 0 Å². The predicted octanol–water partition coefficient (Wildman–Crippen LogP) is 0.981. The highest BCUT2D eigenvalue weighted by Crippen LogP contribution is 2.35. The number of pyridine rings is 1. The molecule has 2 amide bonds. The monoisotopic (exact) mass is 419 g/mol. The first kappa shape index (κ1) is 19.9. The van der Waals surface area contributed by atoms with Gasteiger partial charge < -0.3 is 4.74 Å². The second-order valence-corrected chi connectivity index (χ2v) is 6.25. The van der Waals surface area contributed by atoms with Crippen LogP contribution in [0.15, 0.2) is 17.4 Å². The Morgan fingerprint density at radius 3 is 2.64 bits per heavy atom. The second kappa shape index (κ2) is 6.93. The number of hydrazone groups is 1. The van der Waals surface area contributed by atoms with Crippen molar-refractivity contribution in [2.75, 3.05) is 18.7 Å². The maximum atomic E-state index is 12.8. The van der Waals surface area contributed by atoms with Crippen molar-refractivity contribution in [3.8, 4) is 0 Å². The first-order chi connectivity index (χ1) is 13.1. The van der Waals surface area contributed by atoms with Gasteiger partial charge in [-0.05, 0) is 13.0 Å². The second-order valence-electron chi connectivity index (χ2n) is 5.84. The number of ether oxygens (including phenoxy) is 1. The van der Waals surface area contributed by atoms with E-state index in [1.165, 1.54) is 7.05 Å². The van der Waals surface area contributed by atoms with Crippen molar-refractivity contribution in [2.45, 2.75) is 19.1 Å². The molecule has 0 saturated carbocycles. The molecule has 2 aliphatic rings. The lowest BCUT2D eigenvalue weighted by Crippen LogP contribution is -2.47. The summed E-state index contributed by atoms with van der Waals surface area (Å²) in [5.74, 6) is -3.89. The summed E-state index contributed by atoms with van der Waals surface area (Å²) in [7, 11) is 1.24. The molecule has 9 nitrogen and oxygen atoms in total. The number of rotatable bonds is 4. The molecule has 0 aromatic carbocycles. The Labute approximate surface area is 161 Å². The van der Waals surface area contributed by atoms with E-state index in [0.717, 1.165) is 5.01 Å². The van der Waals surface area contributed by atoms with Crippen molar-refractivity contribution in [3.63, 3.8) is 0 Å². The summed E-state index contributed by atoms with van der Waals surface area (Å²) in [5.41, 5.74) is 1.08. The number of alkyl halides is 3. The van der Waals surface area contributed by atoms with E-state index >= 15 is 0 Å². The smallest absolute Gasteiger partial charge is 0.417 e. The maximum absolute atomic E-state index is 12.8. The predicted molar refractivity (Wildman–Crippen MR) is 89.0 cm³/mol. The van der Waals surface area contributed by atoms with Gasteiger partial charge in [0.25, 0.3) is 11.8 Å². The SMILES string of the molecule is CCOC(=O)C1=NN[C@@H]2C(=O)N(N(C)c3ncc(C(F)(F)F)cc3Cl)C(=O)[C@@H]12. The molecule has 28 heavy (non-hydrogen) atoms. The largest absolute Gasteiger partial charge is 0.461 e. The van der Waals surface area contributed by atoms with Crippen LogP contribution in [0.1, 0.15) is 12.5 Å². The third kappa shape index (κ3) is 3.13. The summed E-state index contributed by atoms with van der Waals surface area (Å²) in [5, 5.41) is 4.86. The number of carbonyl (C=O) groups excluding carboxylic acids is 3. The Balaban J connectivity index is 1.89. The summed E-state index contributed by atoms with van der Waals surface area (Å²) in [6, 6.07) is -0.502. The molecule has 0 spiro atoms. The minimum Gasteiger partial charge on any atom is -0.461 e. The normalized spacial score (nSPS) is 21.4. The highest BCUT2D eigenvalue weighted by molar-refractivity contribution is 6.44. The van der Waals surface area contributed by atoms with E-state index in [1.54, 1.807) is 6.92 Å². The van der Waals surface area contributed by atoms with Gasteiger partial charge in [0, 0.05) is 13.2 Å². The molecule has 3 rings (SSSR count). The zero-order chi connectivity index (χ0) is 20.8. The number of hydrazine groups is 1. The van der Waals surface area contributed by atoms with Crippen molar-refractivity contribution < 1.29 is 32.3 Å². The zero-order valence-electron chi connectivity index (χ0n) is 14.5. The fourth-order valence-corrected chi connectivity index (χ4v) is 3.15. The Morgan fingerprint density at radius 1 is 1.39 bits per heavy atom. The van der Waals surface area contributed by atoms with Crippen LogP contribution in [0.3, 0.4) is 0 Å². The first-order valence-corrected chi connectivity index (χ1v) is 8.30. The number of anilines is 1. The first-order valence-electron chi connectivity index (χ1n) is 7.92. The maximum Gasteiger partial charge on any atom is 0.417 e. The number of aromatic nitrogens is 1. The summed E-state index contributed by atoms with van der Waals surface area (Å²) >= 11 is 5.88. The van der Waals surface area contributed by atoms with Crippen LogP contribution in [-0.4, -0.2) is 53.2 Å². The Kier molecular flexibility index (Phi) is 4.91. The summed E-state index contributed by atoms with van der Waals surface area (Å²) in [4.78, 5) is 40.9. The van der Waals surface area contributed by atoms with Crippen LogP contribution in [0.2, 0.25) is 5.02 Å². The Morgan fingerprint density at radius 2 is 2.07 bits per heavy atom. The van der Waals surface area contributed by atoms with Crippen LogP contribution in [0.25, 0.3) is 0 Å². The van der Waals surface area contributed by atoms with Crippen molar-refractivity contribution >= 4 is 40.9 Å². The molecule has 0 radical (unpaired) electrons. The molecule has 1 saturated heterocycles. The molecule has 2 atom stereocenters. The van der Waals surface area contributed by atoms with E-state index < -0.39 is 46.5 Å². The lowest BCUT2D eigenvalue weighted by Gasteiger charge is -2.28. The van der Waals surface area contributed by atoms with Crippen LogP contribution < -0.4 is 10.4 Å². The van der Waals surface area contributed by atoms with Gasteiger partial charge in [0.1, 0.15) is 12.0 Å². The van der Waals surface area contributed by atoms with Gasteiger partial charge in [0.05, 0.1) is 17.2 Å². The highest BCUT2D eigenvalue weighted by Gasteiger charge is 2.57. The third-order valence-corrected chi connectivity index (χ3v) is 4.42. The number of esters is 1. The number of nitrogens with zero attached hydrogens (tertiary/aromatic N) is 4. The number of hydrogen-bond donors (Lipinski definition) is 1. The van der Waals surface area contributed by atoms with Crippen LogP contribution >= 0.6 is 11.6 Å². The molecule has 1 N–H and O–H groups in total. The molecule has 0 bridgehead atoms. The molecular formula is C15H13ClF3N5O4. The summed E-state index contributed by atoms with van der Waals surface area (Å²) in [6.45, 7) is 1.62. The average Bonchev–Trinajstić information content (AvgIpc) is 3.14. The van der Waals surface area contributed by atoms with Gasteiger partial charge in [-0.2, -0.15) is 23.3 Å². The number of fused-ring (bicyclic) bond motifs is 1. The fraction of sp³-hybridized carbons (Fsp3) is 0.400. The molecule has 3 heterocycles. The van der Waals surface area contributed by atoms with E-state index in [0.29, 0.717) is 17.3 Å². The molecule has 1 fully saturated rings. The van der Waals surface area contributed by atoms with Crippen molar-refractivity contribution in [1.82, 2.24) is 15.4 Å². The topological polar surface area (TPSA) is 104 Å². The number of nitrogens with one attached hydrogen (secondary N) is 1. The summed E-state index contributed by atoms with van der Waals surface area (Å²) in [6.07, 6.45) is -4.12. The van der Waals surface area contributed by atoms with Gasteiger partial charge in [-0.3, -0.25) is 20.0 Å². The van der Waals surface area contributed by atoms with Crippen LogP contribution in [0, 0.1) is 5.92 Å². The number of amides is 2. The highest BCUT2D eigenvalue weighted by atomic mass is 35.5. The zero-order valence-corrected chi connectivity index (χ0v) is 15.2.